The molecule has 26 heavy (non-hydrogen) atoms. The Morgan fingerprint density at radius 2 is 2.04 bits per heavy atom. The van der Waals surface area contributed by atoms with E-state index in [1.807, 2.05) is 0 Å². The molecule has 1 heterocycles. The molecule has 1 amide bonds. The molecule has 0 radical (unpaired) electrons. The van der Waals surface area contributed by atoms with Gasteiger partial charge in [-0.1, -0.05) is 27.5 Å². The normalized spacial score (nSPS) is 10.6. The van der Waals surface area contributed by atoms with Gasteiger partial charge in [0.2, 0.25) is 0 Å². The van der Waals surface area contributed by atoms with Gasteiger partial charge in [0, 0.05) is 15.7 Å². The number of hydrogen-bond donors (Lipinski definition) is 2. The van der Waals surface area contributed by atoms with E-state index in [1.165, 1.54) is 7.11 Å². The second-order valence-electron chi connectivity index (χ2n) is 5.42. The molecule has 0 aliphatic rings. The number of ether oxygens (including phenoxy) is 1. The SMILES string of the molecule is COc1ccc(Br)cc1C(=O)Nc1ccc(-c2ccc(CO)o2)c(Cl)c1. The lowest BCUT2D eigenvalue weighted by atomic mass is 10.1. The van der Waals surface area contributed by atoms with Crippen LogP contribution in [-0.4, -0.2) is 18.1 Å². The van der Waals surface area contributed by atoms with Gasteiger partial charge in [-0.2, -0.15) is 0 Å². The van der Waals surface area contributed by atoms with Crippen molar-refractivity contribution in [2.45, 2.75) is 6.61 Å². The fourth-order valence-electron chi connectivity index (χ4n) is 2.46. The van der Waals surface area contributed by atoms with Crippen LogP contribution in [-0.2, 0) is 6.61 Å². The minimum Gasteiger partial charge on any atom is -0.496 e. The minimum absolute atomic E-state index is 0.180. The monoisotopic (exact) mass is 435 g/mol. The van der Waals surface area contributed by atoms with E-state index in [4.69, 9.17) is 25.9 Å². The number of furan rings is 1. The Bertz CT molecular complexity index is 954. The zero-order chi connectivity index (χ0) is 18.7. The average Bonchev–Trinajstić information content (AvgIpc) is 3.10. The number of benzene rings is 2. The number of hydrogen-bond acceptors (Lipinski definition) is 4. The van der Waals surface area contributed by atoms with Crippen LogP contribution in [0.5, 0.6) is 5.75 Å². The third-order valence-electron chi connectivity index (χ3n) is 3.72. The van der Waals surface area contributed by atoms with Crippen LogP contribution in [0.3, 0.4) is 0 Å². The third kappa shape index (κ3) is 3.93. The van der Waals surface area contributed by atoms with Gasteiger partial charge in [-0.25, -0.2) is 0 Å². The van der Waals surface area contributed by atoms with Crippen LogP contribution in [0.2, 0.25) is 5.02 Å². The van der Waals surface area contributed by atoms with Crippen LogP contribution in [0.15, 0.2) is 57.4 Å². The molecule has 1 aromatic heterocycles. The molecule has 0 saturated heterocycles. The number of carbonyl (C=O) groups excluding carboxylic acids is 1. The standard InChI is InChI=1S/C19H15BrClNO4/c1-25-17-6-2-11(20)8-15(17)19(24)22-12-3-5-14(16(21)9-12)18-7-4-13(10-23)26-18/h2-9,23H,10H2,1H3,(H,22,24). The van der Waals surface area contributed by atoms with Gasteiger partial charge in [0.05, 0.1) is 17.7 Å². The van der Waals surface area contributed by atoms with Gasteiger partial charge in [-0.15, -0.1) is 0 Å². The van der Waals surface area contributed by atoms with E-state index in [2.05, 4.69) is 21.2 Å². The molecule has 7 heteroatoms. The molecule has 3 rings (SSSR count). The second kappa shape index (κ2) is 7.95. The number of methoxy groups -OCH3 is 1. The molecule has 5 nitrogen and oxygen atoms in total. The van der Waals surface area contributed by atoms with E-state index < -0.39 is 0 Å². The molecule has 0 saturated carbocycles. The van der Waals surface area contributed by atoms with E-state index in [0.29, 0.717) is 39.1 Å². The summed E-state index contributed by atoms with van der Waals surface area (Å²) in [6.45, 7) is -0.180. The van der Waals surface area contributed by atoms with E-state index in [9.17, 15) is 4.79 Å². The van der Waals surface area contributed by atoms with E-state index in [-0.39, 0.29) is 12.5 Å². The number of anilines is 1. The van der Waals surface area contributed by atoms with Crippen molar-refractivity contribution in [3.8, 4) is 17.1 Å². The Labute approximate surface area is 163 Å². The molecule has 0 spiro atoms. The Balaban J connectivity index is 1.84. The van der Waals surface area contributed by atoms with Crippen molar-refractivity contribution in [2.75, 3.05) is 12.4 Å². The van der Waals surface area contributed by atoms with Gasteiger partial charge in [-0.05, 0) is 48.5 Å². The Morgan fingerprint density at radius 3 is 2.69 bits per heavy atom. The Kier molecular flexibility index (Phi) is 5.66. The number of aliphatic hydroxyl groups is 1. The van der Waals surface area contributed by atoms with Crippen LogP contribution < -0.4 is 10.1 Å². The summed E-state index contributed by atoms with van der Waals surface area (Å²) < 4.78 is 11.5. The van der Waals surface area contributed by atoms with Crippen molar-refractivity contribution >= 4 is 39.1 Å². The zero-order valence-corrected chi connectivity index (χ0v) is 16.1. The highest BCUT2D eigenvalue weighted by atomic mass is 79.9. The van der Waals surface area contributed by atoms with Gasteiger partial charge in [0.15, 0.2) is 0 Å². The smallest absolute Gasteiger partial charge is 0.259 e. The molecule has 0 unspecified atom stereocenters. The summed E-state index contributed by atoms with van der Waals surface area (Å²) in [5, 5.41) is 12.3. The zero-order valence-electron chi connectivity index (χ0n) is 13.8. The molecule has 134 valence electrons. The molecular weight excluding hydrogens is 422 g/mol. The van der Waals surface area contributed by atoms with Gasteiger partial charge in [-0.3, -0.25) is 4.79 Å². The molecule has 0 aliphatic carbocycles. The average molecular weight is 437 g/mol. The summed E-state index contributed by atoms with van der Waals surface area (Å²) in [6, 6.07) is 13.7. The summed E-state index contributed by atoms with van der Waals surface area (Å²) >= 11 is 9.67. The van der Waals surface area contributed by atoms with Crippen molar-refractivity contribution in [1.82, 2.24) is 0 Å². The highest BCUT2D eigenvalue weighted by molar-refractivity contribution is 9.10. The number of halogens is 2. The van der Waals surface area contributed by atoms with E-state index in [1.54, 1.807) is 48.5 Å². The van der Waals surface area contributed by atoms with Crippen molar-refractivity contribution in [1.29, 1.82) is 0 Å². The van der Waals surface area contributed by atoms with Gasteiger partial charge in [0.25, 0.3) is 5.91 Å². The van der Waals surface area contributed by atoms with E-state index in [0.717, 1.165) is 4.47 Å². The predicted molar refractivity (Wildman–Crippen MR) is 104 cm³/mol. The second-order valence-corrected chi connectivity index (χ2v) is 6.74. The third-order valence-corrected chi connectivity index (χ3v) is 4.52. The highest BCUT2D eigenvalue weighted by Crippen LogP contribution is 2.32. The lowest BCUT2D eigenvalue weighted by molar-refractivity contribution is 0.102. The summed E-state index contributed by atoms with van der Waals surface area (Å²) in [6.07, 6.45) is 0. The Hall–Kier alpha value is -2.28. The molecule has 2 aromatic carbocycles. The molecule has 0 fully saturated rings. The fourth-order valence-corrected chi connectivity index (χ4v) is 3.09. The maximum Gasteiger partial charge on any atom is 0.259 e. The van der Waals surface area contributed by atoms with Crippen LogP contribution in [0.4, 0.5) is 5.69 Å². The number of carbonyl (C=O) groups is 1. The van der Waals surface area contributed by atoms with Crippen LogP contribution in [0.1, 0.15) is 16.1 Å². The quantitative estimate of drug-likeness (QED) is 0.582. The van der Waals surface area contributed by atoms with Crippen LogP contribution in [0.25, 0.3) is 11.3 Å². The highest BCUT2D eigenvalue weighted by Gasteiger charge is 2.15. The van der Waals surface area contributed by atoms with Crippen molar-refractivity contribution in [3.05, 3.63) is 69.3 Å². The topological polar surface area (TPSA) is 71.7 Å². The number of aliphatic hydroxyl groups excluding tert-OH is 1. The molecule has 3 aromatic rings. The number of rotatable bonds is 5. The summed E-state index contributed by atoms with van der Waals surface area (Å²) in [5.41, 5.74) is 1.62. The minimum atomic E-state index is -0.312. The number of amides is 1. The van der Waals surface area contributed by atoms with E-state index >= 15 is 0 Å². The molecular formula is C19H15BrClNO4. The fraction of sp³-hybridized carbons (Fsp3) is 0.105. The maximum atomic E-state index is 12.6. The molecule has 0 aliphatic heterocycles. The first-order chi connectivity index (χ1) is 12.5. The number of nitrogens with one attached hydrogen (secondary N) is 1. The van der Waals surface area contributed by atoms with Crippen molar-refractivity contribution < 1.29 is 19.1 Å². The first-order valence-corrected chi connectivity index (χ1v) is 8.83. The van der Waals surface area contributed by atoms with Crippen LogP contribution >= 0.6 is 27.5 Å². The largest absolute Gasteiger partial charge is 0.496 e. The lowest BCUT2D eigenvalue weighted by Gasteiger charge is -2.11. The summed E-state index contributed by atoms with van der Waals surface area (Å²) in [7, 11) is 1.51. The van der Waals surface area contributed by atoms with Gasteiger partial charge in [0.1, 0.15) is 23.9 Å². The van der Waals surface area contributed by atoms with Gasteiger partial charge < -0.3 is 19.6 Å². The summed E-state index contributed by atoms with van der Waals surface area (Å²) in [5.74, 6) is 1.16. The van der Waals surface area contributed by atoms with Crippen LogP contribution in [0, 0.1) is 0 Å². The first-order valence-electron chi connectivity index (χ1n) is 7.66. The molecule has 2 N–H and O–H groups in total. The molecule has 0 atom stereocenters. The van der Waals surface area contributed by atoms with Crippen molar-refractivity contribution in [3.63, 3.8) is 0 Å². The summed E-state index contributed by atoms with van der Waals surface area (Å²) in [4.78, 5) is 12.6. The predicted octanol–water partition coefficient (Wildman–Crippen LogP) is 5.12. The van der Waals surface area contributed by atoms with Gasteiger partial charge >= 0.3 is 0 Å². The first kappa shape index (κ1) is 18.5. The molecule has 0 bridgehead atoms. The lowest BCUT2D eigenvalue weighted by Crippen LogP contribution is -2.13. The van der Waals surface area contributed by atoms with Crippen molar-refractivity contribution in [2.24, 2.45) is 0 Å². The Morgan fingerprint density at radius 1 is 1.23 bits per heavy atom. The maximum absolute atomic E-state index is 12.6.